The molecule has 1 aromatic carbocycles. The molecule has 4 N–H and O–H groups in total. The van der Waals surface area contributed by atoms with Crippen molar-refractivity contribution in [1.82, 2.24) is 15.0 Å². The van der Waals surface area contributed by atoms with Crippen LogP contribution < -0.4 is 21.1 Å². The molecule has 2 fully saturated rings. The van der Waals surface area contributed by atoms with Crippen LogP contribution in [0, 0.1) is 11.7 Å². The van der Waals surface area contributed by atoms with Gasteiger partial charge in [0.1, 0.15) is 17.6 Å². The summed E-state index contributed by atoms with van der Waals surface area (Å²) in [6.07, 6.45) is 5.30. The Morgan fingerprint density at radius 3 is 2.66 bits per heavy atom. The molecular formula is C25H37FN6O3. The van der Waals surface area contributed by atoms with Crippen molar-refractivity contribution in [2.45, 2.75) is 70.5 Å². The van der Waals surface area contributed by atoms with Gasteiger partial charge in [0.2, 0.25) is 5.91 Å². The van der Waals surface area contributed by atoms with Crippen LogP contribution in [0.4, 0.5) is 10.4 Å². The minimum absolute atomic E-state index is 0.162. The van der Waals surface area contributed by atoms with Crippen molar-refractivity contribution in [3.8, 4) is 5.75 Å². The van der Waals surface area contributed by atoms with Crippen LogP contribution in [0.15, 0.2) is 22.7 Å². The Hall–Kier alpha value is -2.72. The first-order valence-electron chi connectivity index (χ1n) is 12.7. The second kappa shape index (κ2) is 11.3. The van der Waals surface area contributed by atoms with Crippen molar-refractivity contribution >= 4 is 11.9 Å². The number of carbonyl (C=O) groups is 1. The standard InChI is InChI=1S/C25H37FN6O3/c1-16(2)23-29-25(35-30-23)31-12-9-17(10-13-31)5-4-14-34-18-7-8-19(20(26)15-18)22(28)24(33)32-11-3-6-21(32)27/h7-8,15-17,21-22H,3-6,9-14,27-28H2,1-2H3/t21-,22-/m0/s1. The average molecular weight is 489 g/mol. The number of hydrogen-bond acceptors (Lipinski definition) is 8. The van der Waals surface area contributed by atoms with Gasteiger partial charge in [0.15, 0.2) is 5.82 Å². The smallest absolute Gasteiger partial charge is 0.324 e. The molecule has 192 valence electrons. The van der Waals surface area contributed by atoms with Crippen LogP contribution >= 0.6 is 0 Å². The lowest BCUT2D eigenvalue weighted by molar-refractivity contribution is -0.133. The van der Waals surface area contributed by atoms with Crippen LogP contribution in [-0.2, 0) is 4.79 Å². The molecule has 0 radical (unpaired) electrons. The zero-order valence-corrected chi connectivity index (χ0v) is 20.7. The van der Waals surface area contributed by atoms with Crippen LogP contribution in [-0.4, -0.2) is 53.4 Å². The highest BCUT2D eigenvalue weighted by Gasteiger charge is 2.31. The van der Waals surface area contributed by atoms with E-state index in [1.807, 2.05) is 13.8 Å². The molecule has 0 unspecified atom stereocenters. The zero-order chi connectivity index (χ0) is 24.9. The maximum Gasteiger partial charge on any atom is 0.324 e. The van der Waals surface area contributed by atoms with Gasteiger partial charge >= 0.3 is 6.01 Å². The van der Waals surface area contributed by atoms with Gasteiger partial charge in [0, 0.05) is 37.2 Å². The maximum absolute atomic E-state index is 14.7. The number of benzene rings is 1. The molecule has 3 heterocycles. The average Bonchev–Trinajstić information content (AvgIpc) is 3.51. The predicted molar refractivity (Wildman–Crippen MR) is 130 cm³/mol. The molecule has 9 nitrogen and oxygen atoms in total. The van der Waals surface area contributed by atoms with Crippen molar-refractivity contribution in [3.05, 3.63) is 35.4 Å². The van der Waals surface area contributed by atoms with Crippen molar-refractivity contribution in [2.75, 3.05) is 31.1 Å². The van der Waals surface area contributed by atoms with E-state index in [0.717, 1.165) is 57.4 Å². The van der Waals surface area contributed by atoms with Gasteiger partial charge in [-0.3, -0.25) is 4.79 Å². The number of carbonyl (C=O) groups excluding carboxylic acids is 1. The van der Waals surface area contributed by atoms with E-state index in [-0.39, 0.29) is 23.6 Å². The molecule has 2 atom stereocenters. The fraction of sp³-hybridized carbons (Fsp3) is 0.640. The normalized spacial score (nSPS) is 20.0. The molecule has 35 heavy (non-hydrogen) atoms. The Kier molecular flexibility index (Phi) is 8.22. The van der Waals surface area contributed by atoms with Crippen LogP contribution in [0.1, 0.15) is 75.7 Å². The monoisotopic (exact) mass is 488 g/mol. The number of hydrogen-bond donors (Lipinski definition) is 2. The molecule has 10 heteroatoms. The minimum Gasteiger partial charge on any atom is -0.493 e. The van der Waals surface area contributed by atoms with Gasteiger partial charge < -0.3 is 30.5 Å². The number of rotatable bonds is 9. The first-order valence-corrected chi connectivity index (χ1v) is 12.7. The molecule has 0 saturated carbocycles. The topological polar surface area (TPSA) is 124 Å². The number of nitrogens with two attached hydrogens (primary N) is 2. The van der Waals surface area contributed by atoms with Crippen LogP contribution in [0.3, 0.4) is 0 Å². The van der Waals surface area contributed by atoms with Crippen LogP contribution in [0.25, 0.3) is 0 Å². The largest absolute Gasteiger partial charge is 0.493 e. The van der Waals surface area contributed by atoms with Crippen molar-refractivity contribution in [2.24, 2.45) is 17.4 Å². The molecule has 2 aliphatic heterocycles. The quantitative estimate of drug-likeness (QED) is 0.515. The summed E-state index contributed by atoms with van der Waals surface area (Å²) in [4.78, 5) is 20.8. The van der Waals surface area contributed by atoms with Crippen LogP contribution in [0.2, 0.25) is 0 Å². The van der Waals surface area contributed by atoms with Crippen molar-refractivity contribution in [1.29, 1.82) is 0 Å². The van der Waals surface area contributed by atoms with E-state index in [0.29, 0.717) is 30.8 Å². The second-order valence-corrected chi connectivity index (χ2v) is 9.91. The van der Waals surface area contributed by atoms with E-state index in [4.69, 9.17) is 20.7 Å². The molecule has 0 aliphatic carbocycles. The summed E-state index contributed by atoms with van der Waals surface area (Å²) >= 11 is 0. The van der Waals surface area contributed by atoms with E-state index in [1.165, 1.54) is 17.0 Å². The van der Waals surface area contributed by atoms with Crippen molar-refractivity contribution in [3.63, 3.8) is 0 Å². The first kappa shape index (κ1) is 25.4. The molecule has 2 aromatic rings. The summed E-state index contributed by atoms with van der Waals surface area (Å²) in [5.74, 6) is 1.17. The molecule has 0 bridgehead atoms. The third-order valence-corrected chi connectivity index (χ3v) is 7.01. The Labute approximate surface area is 206 Å². The highest BCUT2D eigenvalue weighted by atomic mass is 19.1. The van der Waals surface area contributed by atoms with Gasteiger partial charge in [0.05, 0.1) is 12.8 Å². The molecule has 4 rings (SSSR count). The fourth-order valence-corrected chi connectivity index (χ4v) is 4.79. The van der Waals surface area contributed by atoms with Gasteiger partial charge in [-0.05, 0) is 50.5 Å². The summed E-state index contributed by atoms with van der Waals surface area (Å²) < 4.78 is 25.9. The molecular weight excluding hydrogens is 451 g/mol. The van der Waals surface area contributed by atoms with Gasteiger partial charge in [-0.25, -0.2) is 4.39 Å². The van der Waals surface area contributed by atoms with E-state index >= 15 is 0 Å². The highest BCUT2D eigenvalue weighted by molar-refractivity contribution is 5.83. The van der Waals surface area contributed by atoms with Gasteiger partial charge in [0.25, 0.3) is 0 Å². The summed E-state index contributed by atoms with van der Waals surface area (Å²) in [6.45, 7) is 6.97. The fourth-order valence-electron chi connectivity index (χ4n) is 4.79. The van der Waals surface area contributed by atoms with Crippen LogP contribution in [0.5, 0.6) is 5.75 Å². The third kappa shape index (κ3) is 6.10. The molecule has 1 aromatic heterocycles. The van der Waals surface area contributed by atoms with Gasteiger partial charge in [-0.2, -0.15) is 4.98 Å². The Balaban J connectivity index is 1.19. The summed E-state index contributed by atoms with van der Waals surface area (Å²) in [6, 6.07) is 4.06. The molecule has 2 saturated heterocycles. The van der Waals surface area contributed by atoms with Gasteiger partial charge in [-0.1, -0.05) is 25.1 Å². The summed E-state index contributed by atoms with van der Waals surface area (Å²) in [5.41, 5.74) is 12.2. The number of anilines is 1. The Morgan fingerprint density at radius 1 is 1.26 bits per heavy atom. The summed E-state index contributed by atoms with van der Waals surface area (Å²) in [7, 11) is 0. The van der Waals surface area contributed by atoms with E-state index in [2.05, 4.69) is 15.0 Å². The minimum atomic E-state index is -1.07. The third-order valence-electron chi connectivity index (χ3n) is 7.01. The van der Waals surface area contributed by atoms with E-state index < -0.39 is 11.9 Å². The van der Waals surface area contributed by atoms with E-state index in [9.17, 15) is 9.18 Å². The SMILES string of the molecule is CC(C)c1noc(N2CCC(CCCOc3ccc([C@H](N)C(=O)N4CCC[C@H]4N)c(F)c3)CC2)n1. The lowest BCUT2D eigenvalue weighted by atomic mass is 9.92. The predicted octanol–water partition coefficient (Wildman–Crippen LogP) is 3.31. The Morgan fingerprint density at radius 2 is 2.03 bits per heavy atom. The van der Waals surface area contributed by atoms with Crippen molar-refractivity contribution < 1.29 is 18.4 Å². The van der Waals surface area contributed by atoms with Gasteiger partial charge in [-0.15, -0.1) is 0 Å². The number of piperidine rings is 1. The number of amides is 1. The number of nitrogens with zero attached hydrogens (tertiary/aromatic N) is 4. The molecule has 0 spiro atoms. The summed E-state index contributed by atoms with van der Waals surface area (Å²) in [5, 5.41) is 4.05. The number of likely N-dealkylation sites (tertiary alicyclic amines) is 1. The lowest BCUT2D eigenvalue weighted by Crippen LogP contribution is -2.45. The number of aromatic nitrogens is 2. The second-order valence-electron chi connectivity index (χ2n) is 9.91. The molecule has 1 amide bonds. The Bertz CT molecular complexity index is 991. The maximum atomic E-state index is 14.7. The number of halogens is 1. The first-order chi connectivity index (χ1) is 16.8. The molecule has 2 aliphatic rings. The highest BCUT2D eigenvalue weighted by Crippen LogP contribution is 2.27. The zero-order valence-electron chi connectivity index (χ0n) is 20.7. The van der Waals surface area contributed by atoms with E-state index in [1.54, 1.807) is 6.07 Å². The lowest BCUT2D eigenvalue weighted by Gasteiger charge is -2.30. The number of ether oxygens (including phenoxy) is 1.